The van der Waals surface area contributed by atoms with Crippen LogP contribution in [-0.2, 0) is 9.53 Å². The van der Waals surface area contributed by atoms with Crippen molar-refractivity contribution in [2.24, 2.45) is 5.73 Å². The van der Waals surface area contributed by atoms with E-state index in [1.165, 1.54) is 0 Å². The second-order valence-electron chi connectivity index (χ2n) is 5.61. The number of hydrogen-bond acceptors (Lipinski definition) is 4. The maximum Gasteiger partial charge on any atom is 0.268 e. The number of carbonyl (C=O) groups excluding carboxylic acids is 1. The third-order valence-electron chi connectivity index (χ3n) is 3.69. The molecular formula is C16H24N2O3. The molecule has 0 fully saturated rings. The highest BCUT2D eigenvalue weighted by Crippen LogP contribution is 2.37. The van der Waals surface area contributed by atoms with Crippen LogP contribution in [0.25, 0.3) is 0 Å². The number of rotatable bonds is 5. The van der Waals surface area contributed by atoms with E-state index in [1.807, 2.05) is 39.0 Å². The minimum atomic E-state index is -0.404. The summed E-state index contributed by atoms with van der Waals surface area (Å²) in [6.07, 6.45) is 0.255. The number of methoxy groups -OCH3 is 1. The zero-order chi connectivity index (χ0) is 15.6. The lowest BCUT2D eigenvalue weighted by Crippen LogP contribution is -2.48. The lowest BCUT2D eigenvalue weighted by Gasteiger charge is -2.37. The van der Waals surface area contributed by atoms with Crippen LogP contribution in [0, 0.1) is 0 Å². The van der Waals surface area contributed by atoms with Gasteiger partial charge in [0.1, 0.15) is 5.75 Å². The quantitative estimate of drug-likeness (QED) is 0.904. The molecule has 5 nitrogen and oxygen atoms in total. The van der Waals surface area contributed by atoms with Gasteiger partial charge in [-0.15, -0.1) is 0 Å². The molecule has 1 aliphatic heterocycles. The Morgan fingerprint density at radius 2 is 2.14 bits per heavy atom. The topological polar surface area (TPSA) is 64.8 Å². The summed E-state index contributed by atoms with van der Waals surface area (Å²) in [5.74, 6) is 0.751. The first-order valence-electron chi connectivity index (χ1n) is 7.37. The number of nitrogens with zero attached hydrogens (tertiary/aromatic N) is 1. The van der Waals surface area contributed by atoms with E-state index in [0.29, 0.717) is 13.0 Å². The first-order chi connectivity index (χ1) is 9.99. The zero-order valence-corrected chi connectivity index (χ0v) is 13.1. The summed E-state index contributed by atoms with van der Waals surface area (Å²) >= 11 is 0. The Morgan fingerprint density at radius 1 is 1.43 bits per heavy atom. The van der Waals surface area contributed by atoms with Gasteiger partial charge < -0.3 is 20.1 Å². The molecule has 0 spiro atoms. The van der Waals surface area contributed by atoms with Crippen molar-refractivity contribution >= 4 is 11.6 Å². The summed E-state index contributed by atoms with van der Waals surface area (Å²) in [6, 6.07) is 5.62. The Hall–Kier alpha value is -1.59. The molecule has 2 N–H and O–H groups in total. The number of fused-ring (bicyclic) bond motifs is 1. The second kappa shape index (κ2) is 6.45. The van der Waals surface area contributed by atoms with Gasteiger partial charge in [-0.25, -0.2) is 0 Å². The fourth-order valence-corrected chi connectivity index (χ4v) is 2.60. The van der Waals surface area contributed by atoms with Crippen molar-refractivity contribution in [2.75, 3.05) is 18.6 Å². The number of amides is 1. The molecule has 5 heteroatoms. The predicted molar refractivity (Wildman–Crippen MR) is 82.6 cm³/mol. The van der Waals surface area contributed by atoms with Gasteiger partial charge in [0.2, 0.25) is 0 Å². The van der Waals surface area contributed by atoms with Crippen LogP contribution in [0.15, 0.2) is 18.2 Å². The van der Waals surface area contributed by atoms with Crippen LogP contribution in [0.1, 0.15) is 38.8 Å². The highest BCUT2D eigenvalue weighted by atomic mass is 16.5. The van der Waals surface area contributed by atoms with Crippen molar-refractivity contribution < 1.29 is 14.3 Å². The van der Waals surface area contributed by atoms with Crippen LogP contribution < -0.4 is 15.4 Å². The summed E-state index contributed by atoms with van der Waals surface area (Å²) in [4.78, 5) is 14.3. The molecule has 0 aliphatic carbocycles. The van der Waals surface area contributed by atoms with Gasteiger partial charge in [0.15, 0.2) is 6.10 Å². The molecule has 2 unspecified atom stereocenters. The molecule has 0 saturated heterocycles. The molecule has 0 bridgehead atoms. The van der Waals surface area contributed by atoms with Gasteiger partial charge >= 0.3 is 0 Å². The predicted octanol–water partition coefficient (Wildman–Crippen LogP) is 2.25. The van der Waals surface area contributed by atoms with Gasteiger partial charge in [-0.3, -0.25) is 4.79 Å². The number of nitrogens with two attached hydrogens (primary N) is 1. The van der Waals surface area contributed by atoms with Gasteiger partial charge in [0.05, 0.1) is 18.3 Å². The van der Waals surface area contributed by atoms with Gasteiger partial charge in [0.25, 0.3) is 5.91 Å². The van der Waals surface area contributed by atoms with Crippen LogP contribution in [0.4, 0.5) is 5.69 Å². The molecular weight excluding hydrogens is 268 g/mol. The van der Waals surface area contributed by atoms with Crippen molar-refractivity contribution in [1.29, 1.82) is 0 Å². The van der Waals surface area contributed by atoms with E-state index in [1.54, 1.807) is 12.0 Å². The normalized spacial score (nSPS) is 19.4. The Labute approximate surface area is 126 Å². The molecule has 116 valence electrons. The van der Waals surface area contributed by atoms with Gasteiger partial charge in [-0.05, 0) is 38.0 Å². The number of hydrogen-bond donors (Lipinski definition) is 1. The van der Waals surface area contributed by atoms with Crippen LogP contribution in [0.5, 0.6) is 5.75 Å². The molecule has 1 heterocycles. The van der Waals surface area contributed by atoms with Crippen molar-refractivity contribution in [3.63, 3.8) is 0 Å². The highest BCUT2D eigenvalue weighted by molar-refractivity contribution is 6.00. The third-order valence-corrected chi connectivity index (χ3v) is 3.69. The minimum absolute atomic E-state index is 0.0115. The third kappa shape index (κ3) is 3.04. The van der Waals surface area contributed by atoms with E-state index in [0.717, 1.165) is 17.0 Å². The van der Waals surface area contributed by atoms with E-state index in [-0.39, 0.29) is 18.0 Å². The van der Waals surface area contributed by atoms with Crippen LogP contribution in [0.2, 0.25) is 0 Å². The van der Waals surface area contributed by atoms with Crippen molar-refractivity contribution in [2.45, 2.75) is 45.4 Å². The average Bonchev–Trinajstić information content (AvgIpc) is 2.45. The Kier molecular flexibility index (Phi) is 4.85. The van der Waals surface area contributed by atoms with Crippen LogP contribution in [-0.4, -0.2) is 31.8 Å². The monoisotopic (exact) mass is 292 g/mol. The zero-order valence-electron chi connectivity index (χ0n) is 13.1. The fraction of sp³-hybridized carbons (Fsp3) is 0.562. The fourth-order valence-electron chi connectivity index (χ4n) is 2.60. The summed E-state index contributed by atoms with van der Waals surface area (Å²) in [7, 11) is 1.62. The van der Waals surface area contributed by atoms with Crippen molar-refractivity contribution in [1.82, 2.24) is 0 Å². The number of carbonyl (C=O) groups is 1. The molecule has 0 aromatic heterocycles. The first kappa shape index (κ1) is 15.8. The molecule has 0 radical (unpaired) electrons. The highest BCUT2D eigenvalue weighted by Gasteiger charge is 2.35. The molecule has 1 aromatic rings. The molecule has 0 saturated carbocycles. The Bertz CT molecular complexity index is 516. The van der Waals surface area contributed by atoms with Crippen molar-refractivity contribution in [3.05, 3.63) is 23.8 Å². The maximum absolute atomic E-state index is 12.5. The van der Waals surface area contributed by atoms with Crippen LogP contribution >= 0.6 is 0 Å². The van der Waals surface area contributed by atoms with E-state index in [2.05, 4.69) is 0 Å². The molecule has 1 amide bonds. The van der Waals surface area contributed by atoms with E-state index >= 15 is 0 Å². The Morgan fingerprint density at radius 3 is 2.71 bits per heavy atom. The summed E-state index contributed by atoms with van der Waals surface area (Å²) < 4.78 is 10.9. The van der Waals surface area contributed by atoms with Gasteiger partial charge in [-0.1, -0.05) is 13.0 Å². The van der Waals surface area contributed by atoms with Crippen molar-refractivity contribution in [3.8, 4) is 5.75 Å². The number of benzene rings is 1. The largest absolute Gasteiger partial charge is 0.478 e. The standard InChI is InChI=1S/C16H24N2O3/c1-5-14-16(19)18(10(2)3)13-8-11(12(17)9-20-4)6-7-15(13)21-14/h6-8,10,12,14H,5,9,17H2,1-4H3. The summed E-state index contributed by atoms with van der Waals surface area (Å²) in [5, 5.41) is 0. The SMILES string of the molecule is CCC1Oc2ccc(C(N)COC)cc2N(C(C)C)C1=O. The number of anilines is 1. The van der Waals surface area contributed by atoms with Crippen LogP contribution in [0.3, 0.4) is 0 Å². The molecule has 2 rings (SSSR count). The first-order valence-corrected chi connectivity index (χ1v) is 7.37. The van der Waals surface area contributed by atoms with Gasteiger partial charge in [0, 0.05) is 13.2 Å². The Balaban J connectivity index is 2.42. The summed E-state index contributed by atoms with van der Waals surface area (Å²) in [6.45, 7) is 6.39. The minimum Gasteiger partial charge on any atom is -0.478 e. The molecule has 21 heavy (non-hydrogen) atoms. The van der Waals surface area contributed by atoms with Gasteiger partial charge in [-0.2, -0.15) is 0 Å². The van der Waals surface area contributed by atoms with E-state index in [9.17, 15) is 4.79 Å². The smallest absolute Gasteiger partial charge is 0.268 e. The van der Waals surface area contributed by atoms with E-state index in [4.69, 9.17) is 15.2 Å². The summed E-state index contributed by atoms with van der Waals surface area (Å²) in [5.41, 5.74) is 7.81. The second-order valence-corrected chi connectivity index (χ2v) is 5.61. The average molecular weight is 292 g/mol. The lowest BCUT2D eigenvalue weighted by atomic mass is 10.0. The molecule has 1 aliphatic rings. The molecule has 2 atom stereocenters. The lowest BCUT2D eigenvalue weighted by molar-refractivity contribution is -0.126. The number of ether oxygens (including phenoxy) is 2. The maximum atomic E-state index is 12.5. The van der Waals surface area contributed by atoms with E-state index < -0.39 is 6.10 Å². The molecule has 1 aromatic carbocycles.